The molecule has 4 unspecified atom stereocenters. The summed E-state index contributed by atoms with van der Waals surface area (Å²) in [4.78, 5) is 8.00. The lowest BCUT2D eigenvalue weighted by Crippen LogP contribution is -2.21. The smallest absolute Gasteiger partial charge is 0.106 e. The van der Waals surface area contributed by atoms with Gasteiger partial charge in [-0.25, -0.2) is 0 Å². The average molecular weight is 385 g/mol. The van der Waals surface area contributed by atoms with Gasteiger partial charge in [0.15, 0.2) is 0 Å². The normalized spacial score (nSPS) is 22.6. The van der Waals surface area contributed by atoms with Crippen molar-refractivity contribution in [2.24, 2.45) is 29.6 Å². The molecule has 1 saturated carbocycles. The fraction of sp³-hybridized carbons (Fsp3) is 0.741. The number of hydrogen-bond donors (Lipinski definition) is 0. The van der Waals surface area contributed by atoms with E-state index in [0.717, 1.165) is 29.6 Å². The molecule has 1 heteroatoms. The summed E-state index contributed by atoms with van der Waals surface area (Å²) in [5.74, 6) is 4.50. The van der Waals surface area contributed by atoms with Crippen molar-refractivity contribution in [1.82, 2.24) is 0 Å². The summed E-state index contributed by atoms with van der Waals surface area (Å²) in [6.45, 7) is 11.8. The number of fused-ring (bicyclic) bond motifs is 1. The SMILES string of the molecule is C=O.CCCC(CC)C(C)C(C)Cc1cccc2c1CC(C1CCCCC1)C2. The van der Waals surface area contributed by atoms with Gasteiger partial charge in [-0.3, -0.25) is 0 Å². The van der Waals surface area contributed by atoms with Gasteiger partial charge in [0.1, 0.15) is 6.79 Å². The minimum Gasteiger partial charge on any atom is -0.307 e. The van der Waals surface area contributed by atoms with E-state index in [4.69, 9.17) is 4.79 Å². The zero-order valence-corrected chi connectivity index (χ0v) is 19.0. The zero-order chi connectivity index (χ0) is 20.5. The van der Waals surface area contributed by atoms with Crippen molar-refractivity contribution in [2.45, 2.75) is 98.3 Å². The van der Waals surface area contributed by atoms with E-state index in [-0.39, 0.29) is 0 Å². The Hall–Kier alpha value is -1.11. The van der Waals surface area contributed by atoms with E-state index in [1.54, 1.807) is 16.7 Å². The van der Waals surface area contributed by atoms with Crippen LogP contribution in [0.5, 0.6) is 0 Å². The van der Waals surface area contributed by atoms with Crippen molar-refractivity contribution in [3.63, 3.8) is 0 Å². The quantitative estimate of drug-likeness (QED) is 0.455. The second-order valence-corrected chi connectivity index (χ2v) is 9.62. The molecule has 0 bridgehead atoms. The molecule has 0 radical (unpaired) electrons. The largest absolute Gasteiger partial charge is 0.307 e. The lowest BCUT2D eigenvalue weighted by atomic mass is 9.76. The third-order valence-corrected chi connectivity index (χ3v) is 8.00. The molecule has 0 saturated heterocycles. The first-order valence-electron chi connectivity index (χ1n) is 12.0. The number of benzene rings is 1. The first kappa shape index (κ1) is 23.2. The highest BCUT2D eigenvalue weighted by Crippen LogP contribution is 2.40. The minimum atomic E-state index is 0.798. The Morgan fingerprint density at radius 3 is 2.36 bits per heavy atom. The summed E-state index contributed by atoms with van der Waals surface area (Å²) in [7, 11) is 0. The molecule has 0 N–H and O–H groups in total. The number of carbonyl (C=O) groups is 1. The van der Waals surface area contributed by atoms with Gasteiger partial charge in [-0.05, 0) is 65.5 Å². The monoisotopic (exact) mass is 384 g/mol. The summed E-state index contributed by atoms with van der Waals surface area (Å²) in [6.07, 6.45) is 15.6. The van der Waals surface area contributed by atoms with E-state index in [0.29, 0.717) is 0 Å². The highest BCUT2D eigenvalue weighted by molar-refractivity contribution is 5.40. The fourth-order valence-corrected chi connectivity index (χ4v) is 6.10. The molecule has 4 atom stereocenters. The van der Waals surface area contributed by atoms with E-state index in [9.17, 15) is 0 Å². The highest BCUT2D eigenvalue weighted by Gasteiger charge is 2.31. The molecule has 0 amide bonds. The molecule has 1 nitrogen and oxygen atoms in total. The molecule has 1 aromatic rings. The van der Waals surface area contributed by atoms with Crippen LogP contribution in [0, 0.1) is 29.6 Å². The van der Waals surface area contributed by atoms with Crippen LogP contribution in [0.25, 0.3) is 0 Å². The van der Waals surface area contributed by atoms with Gasteiger partial charge in [0, 0.05) is 0 Å². The third-order valence-electron chi connectivity index (χ3n) is 8.00. The second kappa shape index (κ2) is 11.8. The van der Waals surface area contributed by atoms with Crippen molar-refractivity contribution in [3.8, 4) is 0 Å². The van der Waals surface area contributed by atoms with E-state index < -0.39 is 0 Å². The maximum absolute atomic E-state index is 8.00. The molecule has 0 spiro atoms. The van der Waals surface area contributed by atoms with Crippen LogP contribution in [0.1, 0.15) is 95.8 Å². The summed E-state index contributed by atoms with van der Waals surface area (Å²) < 4.78 is 0. The Labute approximate surface area is 174 Å². The molecule has 2 aliphatic carbocycles. The molecule has 2 aliphatic rings. The van der Waals surface area contributed by atoms with Crippen molar-refractivity contribution < 1.29 is 4.79 Å². The summed E-state index contributed by atoms with van der Waals surface area (Å²) in [5.41, 5.74) is 5.13. The van der Waals surface area contributed by atoms with Gasteiger partial charge in [0.25, 0.3) is 0 Å². The Morgan fingerprint density at radius 1 is 1.00 bits per heavy atom. The first-order valence-corrected chi connectivity index (χ1v) is 12.0. The van der Waals surface area contributed by atoms with Gasteiger partial charge in [-0.2, -0.15) is 0 Å². The van der Waals surface area contributed by atoms with Crippen LogP contribution in [0.2, 0.25) is 0 Å². The Balaban J connectivity index is 0.00000136. The molecule has 1 fully saturated rings. The molecule has 0 aliphatic heterocycles. The maximum Gasteiger partial charge on any atom is 0.106 e. The standard InChI is InChI=1S/C26H42.CH2O/c1-5-11-21(6-2)20(4)19(3)16-23-14-10-15-24-17-25(18-26(23)24)22-12-8-7-9-13-22;1-2/h10,14-15,19-22,25H,5-9,11-13,16-18H2,1-4H3;1H2. The van der Waals surface area contributed by atoms with E-state index in [1.807, 2.05) is 6.79 Å². The molecular formula is C27H44O. The fourth-order valence-electron chi connectivity index (χ4n) is 6.10. The van der Waals surface area contributed by atoms with Gasteiger partial charge < -0.3 is 4.79 Å². The number of carbonyl (C=O) groups excluding carboxylic acids is 1. The molecule has 0 heterocycles. The molecule has 28 heavy (non-hydrogen) atoms. The van der Waals surface area contributed by atoms with E-state index in [2.05, 4.69) is 45.9 Å². The highest BCUT2D eigenvalue weighted by atomic mass is 16.1. The molecule has 158 valence electrons. The molecule has 0 aromatic heterocycles. The Bertz CT molecular complexity index is 572. The lowest BCUT2D eigenvalue weighted by Gasteiger charge is -2.29. The van der Waals surface area contributed by atoms with Crippen LogP contribution in [-0.4, -0.2) is 6.79 Å². The predicted molar refractivity (Wildman–Crippen MR) is 122 cm³/mol. The van der Waals surface area contributed by atoms with Crippen LogP contribution in [0.4, 0.5) is 0 Å². The van der Waals surface area contributed by atoms with Gasteiger partial charge in [-0.1, -0.05) is 97.3 Å². The average Bonchev–Trinajstić information content (AvgIpc) is 3.19. The number of rotatable bonds is 8. The van der Waals surface area contributed by atoms with Crippen LogP contribution >= 0.6 is 0 Å². The number of hydrogen-bond acceptors (Lipinski definition) is 1. The van der Waals surface area contributed by atoms with Gasteiger partial charge in [0.2, 0.25) is 0 Å². The summed E-state index contributed by atoms with van der Waals surface area (Å²) >= 11 is 0. The topological polar surface area (TPSA) is 17.1 Å². The van der Waals surface area contributed by atoms with Crippen LogP contribution in [0.15, 0.2) is 18.2 Å². The van der Waals surface area contributed by atoms with Crippen molar-refractivity contribution in [3.05, 3.63) is 34.9 Å². The Morgan fingerprint density at radius 2 is 1.71 bits per heavy atom. The predicted octanol–water partition coefficient (Wildman–Crippen LogP) is 7.44. The zero-order valence-electron chi connectivity index (χ0n) is 19.0. The maximum atomic E-state index is 8.00. The second-order valence-electron chi connectivity index (χ2n) is 9.62. The molecule has 1 aromatic carbocycles. The first-order chi connectivity index (χ1) is 13.6. The minimum absolute atomic E-state index is 0.798. The van der Waals surface area contributed by atoms with E-state index >= 15 is 0 Å². The van der Waals surface area contributed by atoms with Gasteiger partial charge in [0.05, 0.1) is 0 Å². The molecular weight excluding hydrogens is 340 g/mol. The molecule has 3 rings (SSSR count). The Kier molecular flexibility index (Phi) is 9.75. The summed E-state index contributed by atoms with van der Waals surface area (Å²) in [5, 5.41) is 0. The van der Waals surface area contributed by atoms with Gasteiger partial charge >= 0.3 is 0 Å². The van der Waals surface area contributed by atoms with Crippen LogP contribution < -0.4 is 0 Å². The summed E-state index contributed by atoms with van der Waals surface area (Å²) in [6, 6.07) is 7.23. The van der Waals surface area contributed by atoms with Crippen molar-refractivity contribution >= 4 is 6.79 Å². The van der Waals surface area contributed by atoms with Gasteiger partial charge in [-0.15, -0.1) is 0 Å². The van der Waals surface area contributed by atoms with Crippen LogP contribution in [-0.2, 0) is 24.1 Å². The van der Waals surface area contributed by atoms with E-state index in [1.165, 1.54) is 70.6 Å². The van der Waals surface area contributed by atoms with Crippen molar-refractivity contribution in [2.75, 3.05) is 0 Å². The lowest BCUT2D eigenvalue weighted by molar-refractivity contribution is -0.0979. The van der Waals surface area contributed by atoms with Crippen molar-refractivity contribution in [1.29, 1.82) is 0 Å². The van der Waals surface area contributed by atoms with Crippen LogP contribution in [0.3, 0.4) is 0 Å². The third kappa shape index (κ3) is 5.71.